The van der Waals surface area contributed by atoms with Gasteiger partial charge in [-0.2, -0.15) is 0 Å². The van der Waals surface area contributed by atoms with Gasteiger partial charge in [-0.25, -0.2) is 9.36 Å². The molecule has 164 valence electrons. The molecule has 0 unspecified atom stereocenters. The topological polar surface area (TPSA) is 126 Å². The van der Waals surface area contributed by atoms with Gasteiger partial charge in [0.2, 0.25) is 5.88 Å². The number of benzene rings is 2. The Balaban J connectivity index is 1.76. The number of ether oxygens (including phenoxy) is 2. The number of rotatable bonds is 4. The van der Waals surface area contributed by atoms with Crippen molar-refractivity contribution >= 4 is 10.9 Å². The summed E-state index contributed by atoms with van der Waals surface area (Å²) in [5, 5.41) is 14.3. The monoisotopic (exact) mass is 435 g/mol. The third-order valence-electron chi connectivity index (χ3n) is 6.01. The summed E-state index contributed by atoms with van der Waals surface area (Å²) in [5.74, 6) is 0.389. The molecular formula is C23H23N4O5+. The Morgan fingerprint density at radius 3 is 2.69 bits per heavy atom. The fourth-order valence-electron chi connectivity index (χ4n) is 4.54. The average molecular weight is 435 g/mol. The van der Waals surface area contributed by atoms with Gasteiger partial charge in [0, 0.05) is 23.4 Å². The number of H-pyrrole nitrogens is 2. The van der Waals surface area contributed by atoms with Gasteiger partial charge < -0.3 is 24.9 Å². The van der Waals surface area contributed by atoms with E-state index in [1.54, 1.807) is 18.2 Å². The minimum atomic E-state index is -0.768. The van der Waals surface area contributed by atoms with Crippen molar-refractivity contribution in [3.8, 4) is 23.1 Å². The number of nitrogens with one attached hydrogen (secondary N) is 2. The third-order valence-corrected chi connectivity index (χ3v) is 6.01. The van der Waals surface area contributed by atoms with E-state index >= 15 is 0 Å². The number of aromatic nitrogens is 3. The number of methoxy groups -OCH3 is 2. The van der Waals surface area contributed by atoms with E-state index in [-0.39, 0.29) is 11.3 Å². The number of hydrogen-bond donors (Lipinski definition) is 4. The first-order valence-corrected chi connectivity index (χ1v) is 10.3. The van der Waals surface area contributed by atoms with Crippen LogP contribution in [0.25, 0.3) is 16.6 Å². The summed E-state index contributed by atoms with van der Waals surface area (Å²) in [6, 6.07) is 12.3. The van der Waals surface area contributed by atoms with Crippen LogP contribution in [-0.4, -0.2) is 40.4 Å². The van der Waals surface area contributed by atoms with Gasteiger partial charge in [0.15, 0.2) is 6.04 Å². The zero-order chi connectivity index (χ0) is 22.4. The lowest BCUT2D eigenvalue weighted by atomic mass is 9.95. The van der Waals surface area contributed by atoms with Crippen molar-refractivity contribution in [2.24, 2.45) is 0 Å². The van der Waals surface area contributed by atoms with Crippen LogP contribution >= 0.6 is 0 Å². The molecule has 0 spiro atoms. The molecule has 32 heavy (non-hydrogen) atoms. The Hall–Kier alpha value is -3.98. The summed E-state index contributed by atoms with van der Waals surface area (Å²) < 4.78 is 11.7. The molecular weight excluding hydrogens is 412 g/mol. The molecule has 1 aliphatic rings. The molecule has 0 saturated carbocycles. The van der Waals surface area contributed by atoms with E-state index in [4.69, 9.17) is 9.47 Å². The number of quaternary nitrogens is 1. The van der Waals surface area contributed by atoms with Crippen LogP contribution in [0.15, 0.2) is 52.1 Å². The highest BCUT2D eigenvalue weighted by Gasteiger charge is 2.34. The second-order valence-electron chi connectivity index (χ2n) is 7.68. The predicted molar refractivity (Wildman–Crippen MR) is 118 cm³/mol. The minimum absolute atomic E-state index is 0.0991. The molecule has 9 nitrogen and oxygen atoms in total. The molecule has 3 heterocycles. The summed E-state index contributed by atoms with van der Waals surface area (Å²) in [6.45, 7) is 0.736. The maximum absolute atomic E-state index is 12.9. The lowest BCUT2D eigenvalue weighted by Crippen LogP contribution is -2.87. The second-order valence-corrected chi connectivity index (χ2v) is 7.68. The SMILES string of the molecule is COc1ccc(OC)c(-n2c(O)c([C@H]3[NH2+]CCc4c3[nH]c3ccccc43)c(=O)[nH]c2=O)c1. The fourth-order valence-corrected chi connectivity index (χ4v) is 4.54. The number of nitrogens with two attached hydrogens (primary N) is 1. The van der Waals surface area contributed by atoms with E-state index in [1.165, 1.54) is 14.2 Å². The van der Waals surface area contributed by atoms with Gasteiger partial charge >= 0.3 is 5.69 Å². The van der Waals surface area contributed by atoms with Gasteiger partial charge in [0.1, 0.15) is 17.1 Å². The summed E-state index contributed by atoms with van der Waals surface area (Å²) in [4.78, 5) is 31.5. The highest BCUT2D eigenvalue weighted by Crippen LogP contribution is 2.34. The molecule has 5 N–H and O–H groups in total. The van der Waals surface area contributed by atoms with Gasteiger partial charge in [-0.3, -0.25) is 9.78 Å². The van der Waals surface area contributed by atoms with E-state index in [9.17, 15) is 14.7 Å². The Kier molecular flexibility index (Phi) is 4.75. The van der Waals surface area contributed by atoms with Crippen LogP contribution in [0, 0.1) is 0 Å². The first-order chi connectivity index (χ1) is 15.5. The highest BCUT2D eigenvalue weighted by atomic mass is 16.5. The molecule has 1 atom stereocenters. The Bertz CT molecular complexity index is 1450. The van der Waals surface area contributed by atoms with Gasteiger partial charge in [0.05, 0.1) is 32.1 Å². The van der Waals surface area contributed by atoms with E-state index in [2.05, 4.69) is 9.97 Å². The van der Waals surface area contributed by atoms with Crippen molar-refractivity contribution in [1.82, 2.24) is 14.5 Å². The minimum Gasteiger partial charge on any atom is -0.497 e. The van der Waals surface area contributed by atoms with E-state index in [0.717, 1.165) is 39.7 Å². The van der Waals surface area contributed by atoms with Crippen LogP contribution in [0.5, 0.6) is 17.4 Å². The Labute approximate surface area is 182 Å². The van der Waals surface area contributed by atoms with Crippen molar-refractivity contribution in [1.29, 1.82) is 0 Å². The van der Waals surface area contributed by atoms with Crippen LogP contribution in [0.1, 0.15) is 22.9 Å². The molecule has 0 bridgehead atoms. The first-order valence-electron chi connectivity index (χ1n) is 10.3. The van der Waals surface area contributed by atoms with Crippen molar-refractivity contribution in [3.63, 3.8) is 0 Å². The quantitative estimate of drug-likeness (QED) is 0.380. The zero-order valence-electron chi connectivity index (χ0n) is 17.6. The maximum Gasteiger partial charge on any atom is 0.335 e. The van der Waals surface area contributed by atoms with E-state index in [0.29, 0.717) is 11.5 Å². The standard InChI is InChI=1S/C23H22N4O5/c1-31-12-7-8-17(32-2)16(11-12)27-22(29)18(21(28)26-23(27)30)20-19-14(9-10-24-20)13-5-3-4-6-15(13)25-19/h3-8,11,20,24-25,29H,9-10H2,1-2H3,(H,26,28,30)/p+1/t20-/m1/s1. The normalized spacial score (nSPS) is 15.5. The second kappa shape index (κ2) is 7.61. The maximum atomic E-state index is 12.9. The van der Waals surface area contributed by atoms with Crippen molar-refractivity contribution in [3.05, 3.63) is 80.1 Å². The van der Waals surface area contributed by atoms with Gasteiger partial charge in [0.25, 0.3) is 5.56 Å². The molecule has 0 amide bonds. The molecule has 0 radical (unpaired) electrons. The van der Waals surface area contributed by atoms with Crippen LogP contribution in [0.3, 0.4) is 0 Å². The largest absolute Gasteiger partial charge is 0.497 e. The summed E-state index contributed by atoms with van der Waals surface area (Å²) in [6.07, 6.45) is 0.831. The highest BCUT2D eigenvalue weighted by molar-refractivity contribution is 5.85. The molecule has 9 heteroatoms. The molecule has 2 aromatic heterocycles. The average Bonchev–Trinajstić information content (AvgIpc) is 3.18. The number of aromatic hydroxyl groups is 1. The molecule has 5 rings (SSSR count). The third kappa shape index (κ3) is 2.97. The van der Waals surface area contributed by atoms with Gasteiger partial charge in [-0.1, -0.05) is 18.2 Å². The van der Waals surface area contributed by atoms with E-state index in [1.807, 2.05) is 29.6 Å². The van der Waals surface area contributed by atoms with Crippen molar-refractivity contribution in [2.75, 3.05) is 20.8 Å². The zero-order valence-corrected chi connectivity index (χ0v) is 17.6. The fraction of sp³-hybridized carbons (Fsp3) is 0.217. The number of hydrogen-bond acceptors (Lipinski definition) is 5. The number of nitrogens with zero attached hydrogens (tertiary/aromatic N) is 1. The van der Waals surface area contributed by atoms with Crippen LogP contribution in [0.4, 0.5) is 0 Å². The van der Waals surface area contributed by atoms with E-state index < -0.39 is 23.2 Å². The van der Waals surface area contributed by atoms with Crippen LogP contribution in [-0.2, 0) is 6.42 Å². The summed E-state index contributed by atoms with van der Waals surface area (Å²) in [7, 11) is 2.96. The summed E-state index contributed by atoms with van der Waals surface area (Å²) >= 11 is 0. The van der Waals surface area contributed by atoms with Crippen LogP contribution < -0.4 is 26.0 Å². The molecule has 0 aliphatic carbocycles. The predicted octanol–water partition coefficient (Wildman–Crippen LogP) is 0.939. The lowest BCUT2D eigenvalue weighted by Gasteiger charge is -2.22. The molecule has 2 aromatic carbocycles. The lowest BCUT2D eigenvalue weighted by molar-refractivity contribution is -0.690. The molecule has 1 aliphatic heterocycles. The molecule has 0 fully saturated rings. The van der Waals surface area contributed by atoms with Gasteiger partial charge in [-0.15, -0.1) is 0 Å². The smallest absolute Gasteiger partial charge is 0.335 e. The molecule has 4 aromatic rings. The number of fused-ring (bicyclic) bond motifs is 3. The van der Waals surface area contributed by atoms with Crippen molar-refractivity contribution in [2.45, 2.75) is 12.5 Å². The summed E-state index contributed by atoms with van der Waals surface area (Å²) in [5.41, 5.74) is 1.90. The Morgan fingerprint density at radius 1 is 1.09 bits per heavy atom. The van der Waals surface area contributed by atoms with Gasteiger partial charge in [-0.05, 0) is 23.8 Å². The number of aromatic amines is 2. The number of para-hydroxylation sites is 1. The Morgan fingerprint density at radius 2 is 1.91 bits per heavy atom. The van der Waals surface area contributed by atoms with Crippen molar-refractivity contribution < 1.29 is 19.9 Å². The first kappa shape index (κ1) is 20.0. The van der Waals surface area contributed by atoms with Crippen LogP contribution in [0.2, 0.25) is 0 Å². The molecule has 0 saturated heterocycles.